The third kappa shape index (κ3) is 6.73. The second-order valence-electron chi connectivity index (χ2n) is 8.65. The van der Waals surface area contributed by atoms with Gasteiger partial charge < -0.3 is 15.0 Å². The standard InChI is InChI=1S/C27H39N3O2/c1-4-7-20-32-26-14-8-22(9-15-26)27(31)28-23-10-12-24(13-11-23)30-19-16-25(21-30)29(17-5-2)18-6-3/h8-15,25H,4-7,16-21H2,1-3H3,(H,28,31). The average Bonchev–Trinajstić information content (AvgIpc) is 3.30. The van der Waals surface area contributed by atoms with Crippen LogP contribution >= 0.6 is 0 Å². The van der Waals surface area contributed by atoms with Crippen LogP contribution in [-0.4, -0.2) is 49.6 Å². The number of hydrogen-bond acceptors (Lipinski definition) is 4. The van der Waals surface area contributed by atoms with E-state index >= 15 is 0 Å². The van der Waals surface area contributed by atoms with Crippen LogP contribution in [0.15, 0.2) is 48.5 Å². The van der Waals surface area contributed by atoms with Crippen LogP contribution in [0.1, 0.15) is 63.2 Å². The van der Waals surface area contributed by atoms with Crippen molar-refractivity contribution >= 4 is 17.3 Å². The maximum atomic E-state index is 12.6. The lowest BCUT2D eigenvalue weighted by Crippen LogP contribution is -2.38. The third-order valence-corrected chi connectivity index (χ3v) is 6.07. The molecule has 3 rings (SSSR count). The van der Waals surface area contributed by atoms with Gasteiger partial charge in [-0.1, -0.05) is 27.2 Å². The van der Waals surface area contributed by atoms with Gasteiger partial charge >= 0.3 is 0 Å². The summed E-state index contributed by atoms with van der Waals surface area (Å²) in [6.45, 7) is 11.9. The highest BCUT2D eigenvalue weighted by Gasteiger charge is 2.27. The van der Waals surface area contributed by atoms with Crippen LogP contribution in [-0.2, 0) is 0 Å². The highest BCUT2D eigenvalue weighted by molar-refractivity contribution is 6.04. The van der Waals surface area contributed by atoms with E-state index in [2.05, 4.69) is 48.0 Å². The number of ether oxygens (including phenoxy) is 1. The molecule has 1 fully saturated rings. The second-order valence-corrected chi connectivity index (χ2v) is 8.65. The fourth-order valence-corrected chi connectivity index (χ4v) is 4.32. The summed E-state index contributed by atoms with van der Waals surface area (Å²) in [6.07, 6.45) is 5.77. The molecule has 1 aliphatic rings. The Hall–Kier alpha value is -2.53. The van der Waals surface area contributed by atoms with E-state index in [1.54, 1.807) is 0 Å². The molecule has 32 heavy (non-hydrogen) atoms. The van der Waals surface area contributed by atoms with Crippen LogP contribution in [0.5, 0.6) is 5.75 Å². The van der Waals surface area contributed by atoms with Crippen LogP contribution < -0.4 is 15.0 Å². The number of nitrogens with zero attached hydrogens (tertiary/aromatic N) is 2. The molecule has 0 radical (unpaired) electrons. The molecule has 1 aliphatic heterocycles. The van der Waals surface area contributed by atoms with E-state index in [1.165, 1.54) is 38.0 Å². The van der Waals surface area contributed by atoms with Gasteiger partial charge in [-0.2, -0.15) is 0 Å². The van der Waals surface area contributed by atoms with Crippen molar-refractivity contribution in [2.75, 3.05) is 43.0 Å². The first-order valence-electron chi connectivity index (χ1n) is 12.3. The Balaban J connectivity index is 1.53. The van der Waals surface area contributed by atoms with Gasteiger partial charge in [-0.05, 0) is 87.3 Å². The summed E-state index contributed by atoms with van der Waals surface area (Å²) in [7, 11) is 0. The lowest BCUT2D eigenvalue weighted by molar-refractivity contribution is 0.102. The number of anilines is 2. The zero-order valence-electron chi connectivity index (χ0n) is 20.0. The zero-order chi connectivity index (χ0) is 22.8. The molecule has 1 saturated heterocycles. The normalized spacial score (nSPS) is 15.9. The maximum absolute atomic E-state index is 12.6. The third-order valence-electron chi connectivity index (χ3n) is 6.07. The number of carbonyl (C=O) groups excluding carboxylic acids is 1. The number of benzene rings is 2. The van der Waals surface area contributed by atoms with Gasteiger partial charge in [-0.3, -0.25) is 9.69 Å². The highest BCUT2D eigenvalue weighted by Crippen LogP contribution is 2.25. The summed E-state index contributed by atoms with van der Waals surface area (Å²) < 4.78 is 5.67. The number of rotatable bonds is 12. The van der Waals surface area contributed by atoms with E-state index in [0.717, 1.165) is 37.4 Å². The Bertz CT molecular complexity index is 814. The summed E-state index contributed by atoms with van der Waals surface area (Å²) in [5.74, 6) is 0.702. The van der Waals surface area contributed by atoms with Crippen LogP contribution in [0.3, 0.4) is 0 Å². The molecule has 5 heteroatoms. The molecule has 1 heterocycles. The van der Waals surface area contributed by atoms with Gasteiger partial charge in [0.05, 0.1) is 6.61 Å². The highest BCUT2D eigenvalue weighted by atomic mass is 16.5. The van der Waals surface area contributed by atoms with Crippen LogP contribution in [0.2, 0.25) is 0 Å². The fraction of sp³-hybridized carbons (Fsp3) is 0.519. The van der Waals surface area contributed by atoms with Crippen LogP contribution in [0, 0.1) is 0 Å². The summed E-state index contributed by atoms with van der Waals surface area (Å²) in [6, 6.07) is 16.2. The van der Waals surface area contributed by atoms with Gasteiger partial charge in [0.1, 0.15) is 5.75 Å². The van der Waals surface area contributed by atoms with E-state index in [9.17, 15) is 4.79 Å². The van der Waals surface area contributed by atoms with Crippen molar-refractivity contribution in [2.45, 2.75) is 58.9 Å². The number of amides is 1. The van der Waals surface area contributed by atoms with Gasteiger partial charge in [0, 0.05) is 36.1 Å². The molecule has 174 valence electrons. The molecule has 2 aromatic rings. The van der Waals surface area contributed by atoms with Crippen molar-refractivity contribution in [3.63, 3.8) is 0 Å². The van der Waals surface area contributed by atoms with Gasteiger partial charge in [0.15, 0.2) is 0 Å². The molecule has 0 bridgehead atoms. The molecule has 0 aromatic heterocycles. The Labute approximate surface area is 193 Å². The lowest BCUT2D eigenvalue weighted by atomic mass is 10.2. The van der Waals surface area contributed by atoms with Crippen LogP contribution in [0.25, 0.3) is 0 Å². The van der Waals surface area contributed by atoms with E-state index < -0.39 is 0 Å². The second kappa shape index (κ2) is 12.5. The summed E-state index contributed by atoms with van der Waals surface area (Å²) in [4.78, 5) is 17.7. The summed E-state index contributed by atoms with van der Waals surface area (Å²) in [5.41, 5.74) is 2.68. The largest absolute Gasteiger partial charge is 0.494 e. The first-order valence-corrected chi connectivity index (χ1v) is 12.3. The molecule has 5 nitrogen and oxygen atoms in total. The van der Waals surface area contributed by atoms with Gasteiger partial charge in [0.2, 0.25) is 0 Å². The van der Waals surface area contributed by atoms with E-state index in [-0.39, 0.29) is 5.91 Å². The van der Waals surface area contributed by atoms with Gasteiger partial charge in [-0.15, -0.1) is 0 Å². The summed E-state index contributed by atoms with van der Waals surface area (Å²) >= 11 is 0. The Morgan fingerprint density at radius 3 is 2.31 bits per heavy atom. The van der Waals surface area contributed by atoms with Crippen molar-refractivity contribution in [3.05, 3.63) is 54.1 Å². The summed E-state index contributed by atoms with van der Waals surface area (Å²) in [5, 5.41) is 3.00. The molecule has 1 amide bonds. The Morgan fingerprint density at radius 2 is 1.69 bits per heavy atom. The van der Waals surface area contributed by atoms with Crippen molar-refractivity contribution in [1.82, 2.24) is 4.90 Å². The minimum absolute atomic E-state index is 0.103. The quantitative estimate of drug-likeness (QED) is 0.425. The first-order chi connectivity index (χ1) is 15.6. The SMILES string of the molecule is CCCCOc1ccc(C(=O)Nc2ccc(N3CCC(N(CCC)CCC)C3)cc2)cc1. The van der Waals surface area contributed by atoms with Crippen molar-refractivity contribution in [3.8, 4) is 5.75 Å². The molecule has 2 aromatic carbocycles. The number of carbonyl (C=O) groups is 1. The molecular weight excluding hydrogens is 398 g/mol. The molecular formula is C27H39N3O2. The minimum atomic E-state index is -0.103. The average molecular weight is 438 g/mol. The Morgan fingerprint density at radius 1 is 1.00 bits per heavy atom. The van der Waals surface area contributed by atoms with Crippen molar-refractivity contribution in [2.24, 2.45) is 0 Å². The Kier molecular flexibility index (Phi) is 9.42. The molecule has 0 saturated carbocycles. The number of unbranched alkanes of at least 4 members (excludes halogenated alkanes) is 1. The number of nitrogens with one attached hydrogen (secondary N) is 1. The van der Waals surface area contributed by atoms with Gasteiger partial charge in [-0.25, -0.2) is 0 Å². The van der Waals surface area contributed by atoms with Crippen LogP contribution in [0.4, 0.5) is 11.4 Å². The zero-order valence-corrected chi connectivity index (χ0v) is 20.0. The molecule has 0 spiro atoms. The first kappa shape index (κ1) is 24.1. The smallest absolute Gasteiger partial charge is 0.255 e. The molecule has 0 aliphatic carbocycles. The van der Waals surface area contributed by atoms with Crippen molar-refractivity contribution < 1.29 is 9.53 Å². The molecule has 1 atom stereocenters. The van der Waals surface area contributed by atoms with E-state index in [4.69, 9.17) is 4.74 Å². The predicted molar refractivity (Wildman–Crippen MR) is 134 cm³/mol. The number of hydrogen-bond donors (Lipinski definition) is 1. The monoisotopic (exact) mass is 437 g/mol. The van der Waals surface area contributed by atoms with Crippen molar-refractivity contribution in [1.29, 1.82) is 0 Å². The molecule has 1 N–H and O–H groups in total. The lowest BCUT2D eigenvalue weighted by Gasteiger charge is -2.28. The maximum Gasteiger partial charge on any atom is 0.255 e. The van der Waals surface area contributed by atoms with E-state index in [1.807, 2.05) is 36.4 Å². The van der Waals surface area contributed by atoms with Gasteiger partial charge in [0.25, 0.3) is 5.91 Å². The molecule has 1 unspecified atom stereocenters. The minimum Gasteiger partial charge on any atom is -0.494 e. The van der Waals surface area contributed by atoms with E-state index in [0.29, 0.717) is 18.2 Å². The topological polar surface area (TPSA) is 44.8 Å². The predicted octanol–water partition coefficient (Wildman–Crippen LogP) is 5.82. The fourth-order valence-electron chi connectivity index (χ4n) is 4.32.